The lowest BCUT2D eigenvalue weighted by Gasteiger charge is -2.02. The summed E-state index contributed by atoms with van der Waals surface area (Å²) in [6.07, 6.45) is 0. The van der Waals surface area contributed by atoms with E-state index in [1.807, 2.05) is 0 Å². The zero-order valence-corrected chi connectivity index (χ0v) is 6.22. The van der Waals surface area contributed by atoms with Crippen LogP contribution in [0.5, 0.6) is 0 Å². The molecule has 0 bridgehead atoms. The van der Waals surface area contributed by atoms with Crippen molar-refractivity contribution >= 4 is 13.7 Å². The van der Waals surface area contributed by atoms with Crippen molar-refractivity contribution in [3.05, 3.63) is 29.8 Å². The van der Waals surface area contributed by atoms with Gasteiger partial charge in [0.25, 0.3) is 0 Å². The van der Waals surface area contributed by atoms with Gasteiger partial charge in [0.1, 0.15) is 0 Å². The zero-order valence-electron chi connectivity index (χ0n) is 5.33. The molecule has 0 aliphatic carbocycles. The Kier molecular flexibility index (Phi) is 2.49. The fourth-order valence-electron chi connectivity index (χ4n) is 0.647. The molecule has 0 unspecified atom stereocenters. The normalized spacial score (nSPS) is 10.6. The molecule has 11 heavy (non-hydrogen) atoms. The van der Waals surface area contributed by atoms with Crippen molar-refractivity contribution in [2.24, 2.45) is 0 Å². The highest BCUT2D eigenvalue weighted by Gasteiger charge is 2.13. The number of hydrogen-bond acceptors (Lipinski definition) is 2. The molecule has 0 saturated heterocycles. The van der Waals surface area contributed by atoms with E-state index < -0.39 is 20.0 Å². The molecule has 0 spiro atoms. The first-order valence-corrected chi connectivity index (χ1v) is 3.99. The maximum absolute atomic E-state index is 12.6. The molecule has 0 fully saturated rings. The van der Waals surface area contributed by atoms with Crippen molar-refractivity contribution in [1.82, 2.24) is 0 Å². The van der Waals surface area contributed by atoms with Gasteiger partial charge in [-0.2, -0.15) is 0 Å². The molecule has 0 amide bonds. The lowest BCUT2D eigenvalue weighted by molar-refractivity contribution is 0.484. The van der Waals surface area contributed by atoms with Crippen LogP contribution in [0, 0.1) is 11.6 Å². The lowest BCUT2D eigenvalue weighted by atomic mass is 10.3. The molecule has 0 aromatic heterocycles. The van der Waals surface area contributed by atoms with E-state index in [4.69, 9.17) is 9.79 Å². The predicted octanol–water partition coefficient (Wildman–Crippen LogP) is 0.887. The molecule has 0 radical (unpaired) electrons. The van der Waals surface area contributed by atoms with E-state index in [0.717, 1.165) is 12.1 Å². The Morgan fingerprint density at radius 1 is 1.18 bits per heavy atom. The van der Waals surface area contributed by atoms with Crippen LogP contribution >= 0.6 is 8.38 Å². The van der Waals surface area contributed by atoms with Crippen LogP contribution in [0.15, 0.2) is 18.2 Å². The number of rotatable bonds is 1. The van der Waals surface area contributed by atoms with Gasteiger partial charge in [-0.05, 0) is 12.1 Å². The molecule has 0 saturated carbocycles. The number of hydrogen-bond donors (Lipinski definition) is 2. The zero-order chi connectivity index (χ0) is 8.43. The molecule has 1 aromatic rings. The molecule has 1 aromatic carbocycles. The summed E-state index contributed by atoms with van der Waals surface area (Å²) >= 11 is 0. The van der Waals surface area contributed by atoms with E-state index >= 15 is 0 Å². The molecule has 2 nitrogen and oxygen atoms in total. The third-order valence-electron chi connectivity index (χ3n) is 1.15. The van der Waals surface area contributed by atoms with Crippen molar-refractivity contribution in [2.75, 3.05) is 0 Å². The van der Waals surface area contributed by atoms with E-state index in [9.17, 15) is 8.78 Å². The molecular formula is C6H5F2O2P. The van der Waals surface area contributed by atoms with Gasteiger partial charge in [-0.1, -0.05) is 6.07 Å². The molecule has 0 aliphatic rings. The second kappa shape index (κ2) is 3.22. The maximum Gasteiger partial charge on any atom is 0.202 e. The largest absolute Gasteiger partial charge is 0.347 e. The third kappa shape index (κ3) is 1.71. The first-order valence-electron chi connectivity index (χ1n) is 2.75. The predicted molar refractivity (Wildman–Crippen MR) is 37.3 cm³/mol. The van der Waals surface area contributed by atoms with Crippen molar-refractivity contribution in [3.63, 3.8) is 0 Å². The number of benzene rings is 1. The van der Waals surface area contributed by atoms with Crippen LogP contribution in [0.1, 0.15) is 0 Å². The highest BCUT2D eigenvalue weighted by Crippen LogP contribution is 2.24. The highest BCUT2D eigenvalue weighted by molar-refractivity contribution is 7.54. The highest BCUT2D eigenvalue weighted by atomic mass is 31.2. The Morgan fingerprint density at radius 2 is 1.82 bits per heavy atom. The SMILES string of the molecule is OP(O)c1cccc(F)c1F. The Hall–Kier alpha value is -0.570. The first-order chi connectivity index (χ1) is 5.13. The van der Waals surface area contributed by atoms with Gasteiger partial charge in [0, 0.05) is 0 Å². The van der Waals surface area contributed by atoms with Crippen LogP contribution in [-0.4, -0.2) is 9.79 Å². The summed E-state index contributed by atoms with van der Waals surface area (Å²) in [5.74, 6) is -2.26. The van der Waals surface area contributed by atoms with Gasteiger partial charge >= 0.3 is 0 Å². The van der Waals surface area contributed by atoms with Gasteiger partial charge < -0.3 is 9.79 Å². The van der Waals surface area contributed by atoms with Crippen LogP contribution in [0.25, 0.3) is 0 Å². The molecule has 5 heteroatoms. The quantitative estimate of drug-likeness (QED) is 0.627. The van der Waals surface area contributed by atoms with E-state index in [1.165, 1.54) is 6.07 Å². The number of halogens is 2. The summed E-state index contributed by atoms with van der Waals surface area (Å²) in [4.78, 5) is 17.1. The van der Waals surface area contributed by atoms with Crippen LogP contribution < -0.4 is 5.30 Å². The van der Waals surface area contributed by atoms with Crippen molar-refractivity contribution in [3.8, 4) is 0 Å². The van der Waals surface area contributed by atoms with E-state index in [-0.39, 0.29) is 5.30 Å². The van der Waals surface area contributed by atoms with Gasteiger partial charge in [0.15, 0.2) is 11.6 Å². The monoisotopic (exact) mass is 178 g/mol. The summed E-state index contributed by atoms with van der Waals surface area (Å²) in [7, 11) is -2.55. The van der Waals surface area contributed by atoms with Gasteiger partial charge in [-0.25, -0.2) is 8.78 Å². The minimum absolute atomic E-state index is 0.389. The fraction of sp³-hybridized carbons (Fsp3) is 0. The first kappa shape index (κ1) is 8.53. The molecule has 0 aliphatic heterocycles. The average molecular weight is 178 g/mol. The molecule has 1 rings (SSSR count). The van der Waals surface area contributed by atoms with E-state index in [1.54, 1.807) is 0 Å². The summed E-state index contributed by atoms with van der Waals surface area (Å²) < 4.78 is 24.9. The van der Waals surface area contributed by atoms with Gasteiger partial charge in [-0.3, -0.25) is 0 Å². The third-order valence-corrected chi connectivity index (χ3v) is 1.92. The van der Waals surface area contributed by atoms with Crippen LogP contribution in [0.3, 0.4) is 0 Å². The minimum atomic E-state index is -2.55. The molecule has 2 N–H and O–H groups in total. The smallest absolute Gasteiger partial charge is 0.202 e. The molecule has 60 valence electrons. The Morgan fingerprint density at radius 3 is 2.27 bits per heavy atom. The topological polar surface area (TPSA) is 40.5 Å². The Bertz CT molecular complexity index is 265. The Balaban J connectivity index is 3.17. The van der Waals surface area contributed by atoms with Crippen LogP contribution in [0.4, 0.5) is 8.78 Å². The van der Waals surface area contributed by atoms with Crippen LogP contribution in [0.2, 0.25) is 0 Å². The summed E-state index contributed by atoms with van der Waals surface area (Å²) in [5.41, 5.74) is 0. The molecule has 0 heterocycles. The van der Waals surface area contributed by atoms with Gasteiger partial charge in [0.2, 0.25) is 8.38 Å². The summed E-state index contributed by atoms with van der Waals surface area (Å²) in [6, 6.07) is 3.26. The van der Waals surface area contributed by atoms with E-state index in [2.05, 4.69) is 0 Å². The minimum Gasteiger partial charge on any atom is -0.347 e. The average Bonchev–Trinajstić information content (AvgIpc) is 1.94. The summed E-state index contributed by atoms with van der Waals surface area (Å²) in [6.45, 7) is 0. The molecular weight excluding hydrogens is 173 g/mol. The van der Waals surface area contributed by atoms with Gasteiger partial charge in [0.05, 0.1) is 5.30 Å². The van der Waals surface area contributed by atoms with Crippen molar-refractivity contribution in [1.29, 1.82) is 0 Å². The second-order valence-corrected chi connectivity index (χ2v) is 2.92. The molecule has 0 atom stereocenters. The van der Waals surface area contributed by atoms with Gasteiger partial charge in [-0.15, -0.1) is 0 Å². The lowest BCUT2D eigenvalue weighted by Crippen LogP contribution is -2.07. The van der Waals surface area contributed by atoms with E-state index in [0.29, 0.717) is 0 Å². The summed E-state index contributed by atoms with van der Waals surface area (Å²) in [5, 5.41) is -0.389. The van der Waals surface area contributed by atoms with Crippen LogP contribution in [-0.2, 0) is 0 Å². The fourth-order valence-corrected chi connectivity index (χ4v) is 1.15. The second-order valence-electron chi connectivity index (χ2n) is 1.86. The standard InChI is InChI=1S/C6H5F2O2P/c7-4-2-1-3-5(6(4)8)11(9)10/h1-3,9-10H. The van der Waals surface area contributed by atoms with Crippen molar-refractivity contribution in [2.45, 2.75) is 0 Å². The Labute approximate surface area is 63.0 Å². The maximum atomic E-state index is 12.6. The van der Waals surface area contributed by atoms with Crippen molar-refractivity contribution < 1.29 is 18.6 Å².